The van der Waals surface area contributed by atoms with E-state index in [1.54, 1.807) is 25.3 Å². The molecular weight excluding hydrogens is 422 g/mol. The number of ether oxygens (including phenoxy) is 2. The van der Waals surface area contributed by atoms with Crippen molar-refractivity contribution in [1.82, 2.24) is 10.3 Å². The van der Waals surface area contributed by atoms with Gasteiger partial charge < -0.3 is 19.8 Å². The van der Waals surface area contributed by atoms with Gasteiger partial charge in [0.1, 0.15) is 11.3 Å². The van der Waals surface area contributed by atoms with Gasteiger partial charge in [-0.2, -0.15) is 0 Å². The van der Waals surface area contributed by atoms with Crippen molar-refractivity contribution in [3.63, 3.8) is 0 Å². The molecule has 1 aromatic heterocycles. The third-order valence-corrected chi connectivity index (χ3v) is 5.92. The third kappa shape index (κ3) is 5.22. The van der Waals surface area contributed by atoms with Crippen LogP contribution in [-0.2, 0) is 14.8 Å². The van der Waals surface area contributed by atoms with Gasteiger partial charge in [-0.3, -0.25) is 14.3 Å². The number of fused-ring (bicyclic) bond motifs is 1. The highest BCUT2D eigenvalue weighted by molar-refractivity contribution is 7.92. The first-order valence-corrected chi connectivity index (χ1v) is 10.9. The van der Waals surface area contributed by atoms with Gasteiger partial charge in [0.15, 0.2) is 0 Å². The van der Waals surface area contributed by atoms with Crippen LogP contribution in [0.1, 0.15) is 16.8 Å². The van der Waals surface area contributed by atoms with E-state index in [0.29, 0.717) is 36.5 Å². The predicted molar refractivity (Wildman–Crippen MR) is 117 cm³/mol. The van der Waals surface area contributed by atoms with Crippen LogP contribution in [0, 0.1) is 0 Å². The van der Waals surface area contributed by atoms with Gasteiger partial charge in [0.2, 0.25) is 5.43 Å². The van der Waals surface area contributed by atoms with E-state index in [9.17, 15) is 18.0 Å². The van der Waals surface area contributed by atoms with Crippen molar-refractivity contribution < 1.29 is 22.7 Å². The summed E-state index contributed by atoms with van der Waals surface area (Å²) >= 11 is 0. The number of aromatic amines is 1. The van der Waals surface area contributed by atoms with Crippen LogP contribution in [0.25, 0.3) is 10.9 Å². The molecular formula is C21H23N3O6S. The molecule has 0 atom stereocenters. The fourth-order valence-corrected chi connectivity index (χ4v) is 4.02. The number of carbonyl (C=O) groups is 1. The van der Waals surface area contributed by atoms with Crippen molar-refractivity contribution in [2.75, 3.05) is 32.1 Å². The number of amides is 1. The average Bonchev–Trinajstić information content (AvgIpc) is 2.76. The van der Waals surface area contributed by atoms with Crippen LogP contribution in [0.2, 0.25) is 0 Å². The lowest BCUT2D eigenvalue weighted by Gasteiger charge is -2.10. The highest BCUT2D eigenvalue weighted by Crippen LogP contribution is 2.22. The Balaban J connectivity index is 1.91. The Morgan fingerprint density at radius 2 is 1.94 bits per heavy atom. The summed E-state index contributed by atoms with van der Waals surface area (Å²) in [6, 6.07) is 10.6. The van der Waals surface area contributed by atoms with Gasteiger partial charge in [0.05, 0.1) is 17.7 Å². The second-order valence-corrected chi connectivity index (χ2v) is 8.36. The van der Waals surface area contributed by atoms with E-state index < -0.39 is 21.4 Å². The second kappa shape index (κ2) is 9.63. The largest absolute Gasteiger partial charge is 0.497 e. The highest BCUT2D eigenvalue weighted by Gasteiger charge is 2.18. The minimum Gasteiger partial charge on any atom is -0.497 e. The van der Waals surface area contributed by atoms with Crippen LogP contribution in [0.5, 0.6) is 5.75 Å². The SMILES string of the molecule is COCCCNC(=O)c1c[nH]c2ccc(S(=O)(=O)Nc3cccc(OC)c3)cc2c1=O. The lowest BCUT2D eigenvalue weighted by molar-refractivity contribution is 0.0947. The Hall–Kier alpha value is -3.37. The summed E-state index contributed by atoms with van der Waals surface area (Å²) in [5.41, 5.74) is 0.0791. The monoisotopic (exact) mass is 445 g/mol. The van der Waals surface area contributed by atoms with E-state index >= 15 is 0 Å². The maximum Gasteiger partial charge on any atom is 0.261 e. The number of carbonyl (C=O) groups excluding carboxylic acids is 1. The smallest absolute Gasteiger partial charge is 0.261 e. The van der Waals surface area contributed by atoms with E-state index in [2.05, 4.69) is 15.0 Å². The second-order valence-electron chi connectivity index (χ2n) is 6.68. The minimum absolute atomic E-state index is 0.0954. The predicted octanol–water partition coefficient (Wildman–Crippen LogP) is 2.10. The summed E-state index contributed by atoms with van der Waals surface area (Å²) in [7, 11) is -0.932. The van der Waals surface area contributed by atoms with Gasteiger partial charge >= 0.3 is 0 Å². The molecule has 9 nitrogen and oxygen atoms in total. The van der Waals surface area contributed by atoms with Crippen LogP contribution in [0.4, 0.5) is 5.69 Å². The maximum absolute atomic E-state index is 12.8. The Bertz CT molecular complexity index is 1250. The van der Waals surface area contributed by atoms with Gasteiger partial charge in [-0.15, -0.1) is 0 Å². The van der Waals surface area contributed by atoms with Gasteiger partial charge in [-0.05, 0) is 36.8 Å². The molecule has 3 rings (SSSR count). The highest BCUT2D eigenvalue weighted by atomic mass is 32.2. The summed E-state index contributed by atoms with van der Waals surface area (Å²) in [5, 5.41) is 2.74. The lowest BCUT2D eigenvalue weighted by Crippen LogP contribution is -2.30. The maximum atomic E-state index is 12.8. The van der Waals surface area contributed by atoms with Crippen LogP contribution in [0.3, 0.4) is 0 Å². The molecule has 0 saturated carbocycles. The lowest BCUT2D eigenvalue weighted by atomic mass is 10.1. The van der Waals surface area contributed by atoms with E-state index in [4.69, 9.17) is 9.47 Å². The molecule has 1 heterocycles. The van der Waals surface area contributed by atoms with Crippen molar-refractivity contribution in [3.8, 4) is 5.75 Å². The molecule has 1 amide bonds. The summed E-state index contributed by atoms with van der Waals surface area (Å²) in [5.74, 6) is -0.0432. The van der Waals surface area contributed by atoms with E-state index in [-0.39, 0.29) is 15.8 Å². The molecule has 0 fully saturated rings. The quantitative estimate of drug-likeness (QED) is 0.433. The molecule has 0 bridgehead atoms. The van der Waals surface area contributed by atoms with Gasteiger partial charge in [0, 0.05) is 43.4 Å². The molecule has 31 heavy (non-hydrogen) atoms. The number of anilines is 1. The summed E-state index contributed by atoms with van der Waals surface area (Å²) < 4.78 is 38.1. The standard InChI is InChI=1S/C21H23N3O6S/c1-29-10-4-9-22-21(26)18-13-23-19-8-7-16(12-17(19)20(18)25)31(27,28)24-14-5-3-6-15(11-14)30-2/h3,5-8,11-13,24H,4,9-10H2,1-2H3,(H,22,26)(H,23,25). The van der Waals surface area contributed by atoms with Gasteiger partial charge in [0.25, 0.3) is 15.9 Å². The Kier molecular flexibility index (Phi) is 6.93. The number of hydrogen-bond donors (Lipinski definition) is 3. The zero-order valence-electron chi connectivity index (χ0n) is 17.1. The molecule has 0 aliphatic carbocycles. The number of aromatic nitrogens is 1. The van der Waals surface area contributed by atoms with E-state index in [0.717, 1.165) is 0 Å². The molecule has 0 aliphatic heterocycles. The zero-order valence-corrected chi connectivity index (χ0v) is 17.9. The molecule has 0 unspecified atom stereocenters. The van der Waals surface area contributed by atoms with Gasteiger partial charge in [-0.1, -0.05) is 6.07 Å². The molecule has 3 aromatic rings. The van der Waals surface area contributed by atoms with Crippen LogP contribution < -0.4 is 20.2 Å². The molecule has 0 radical (unpaired) electrons. The molecule has 2 aromatic carbocycles. The van der Waals surface area contributed by atoms with Crippen LogP contribution in [0.15, 0.2) is 58.4 Å². The number of hydrogen-bond acceptors (Lipinski definition) is 6. The van der Waals surface area contributed by atoms with Crippen molar-refractivity contribution in [2.45, 2.75) is 11.3 Å². The number of methoxy groups -OCH3 is 2. The summed E-state index contributed by atoms with van der Waals surface area (Å²) in [6.45, 7) is 0.832. The van der Waals surface area contributed by atoms with E-state index in [1.165, 1.54) is 37.6 Å². The number of H-pyrrole nitrogens is 1. The van der Waals surface area contributed by atoms with Gasteiger partial charge in [-0.25, -0.2) is 8.42 Å². The molecule has 0 aliphatic rings. The molecule has 164 valence electrons. The normalized spacial score (nSPS) is 11.3. The van der Waals surface area contributed by atoms with Crippen molar-refractivity contribution >= 4 is 32.5 Å². The molecule has 0 saturated heterocycles. The summed E-state index contributed by atoms with van der Waals surface area (Å²) in [6.07, 6.45) is 1.92. The molecule has 10 heteroatoms. The number of benzene rings is 2. The zero-order chi connectivity index (χ0) is 22.4. The first kappa shape index (κ1) is 22.3. The van der Waals surface area contributed by atoms with Crippen molar-refractivity contribution in [2.24, 2.45) is 0 Å². The Morgan fingerprint density at radius 1 is 1.13 bits per heavy atom. The third-order valence-electron chi connectivity index (χ3n) is 4.54. The van der Waals surface area contributed by atoms with Crippen molar-refractivity contribution in [1.29, 1.82) is 0 Å². The summed E-state index contributed by atoms with van der Waals surface area (Å²) in [4.78, 5) is 27.9. The number of sulfonamides is 1. The fraction of sp³-hybridized carbons (Fsp3) is 0.238. The average molecular weight is 445 g/mol. The fourth-order valence-electron chi connectivity index (χ4n) is 2.95. The number of nitrogens with one attached hydrogen (secondary N) is 3. The minimum atomic E-state index is -3.97. The molecule has 0 spiro atoms. The first-order valence-electron chi connectivity index (χ1n) is 9.45. The number of pyridine rings is 1. The van der Waals surface area contributed by atoms with Crippen molar-refractivity contribution in [3.05, 3.63) is 64.4 Å². The van der Waals surface area contributed by atoms with E-state index in [1.807, 2.05) is 0 Å². The van der Waals surface area contributed by atoms with Crippen LogP contribution in [-0.4, -0.2) is 46.7 Å². The topological polar surface area (TPSA) is 127 Å². The number of rotatable bonds is 9. The Morgan fingerprint density at radius 3 is 2.68 bits per heavy atom. The van der Waals surface area contributed by atoms with Crippen LogP contribution >= 0.6 is 0 Å². The Labute approximate surface area is 179 Å². The molecule has 3 N–H and O–H groups in total. The first-order chi connectivity index (χ1) is 14.9.